The molecule has 1 N–H and O–H groups in total. The maximum absolute atomic E-state index is 6.33. The summed E-state index contributed by atoms with van der Waals surface area (Å²) >= 11 is 6.33. The molecular weight excluding hydrogens is 266 g/mol. The van der Waals surface area contributed by atoms with Gasteiger partial charge in [-0.15, -0.1) is 0 Å². The molecule has 0 spiro atoms. The molecule has 2 heteroatoms. The van der Waals surface area contributed by atoms with Gasteiger partial charge in [0.15, 0.2) is 0 Å². The SMILES string of the molecule is Cc1ccc(C2CCCCCC2CNC(C)C)cc1Cl. The van der Waals surface area contributed by atoms with Crippen molar-refractivity contribution in [1.82, 2.24) is 5.32 Å². The Morgan fingerprint density at radius 2 is 1.95 bits per heavy atom. The van der Waals surface area contributed by atoms with E-state index in [1.165, 1.54) is 43.2 Å². The van der Waals surface area contributed by atoms with Crippen LogP contribution in [0.2, 0.25) is 5.02 Å². The Morgan fingerprint density at radius 3 is 2.65 bits per heavy atom. The molecule has 0 aliphatic heterocycles. The minimum Gasteiger partial charge on any atom is -0.314 e. The zero-order valence-electron chi connectivity index (χ0n) is 13.1. The topological polar surface area (TPSA) is 12.0 Å². The van der Waals surface area contributed by atoms with Gasteiger partial charge >= 0.3 is 0 Å². The molecule has 1 aliphatic rings. The van der Waals surface area contributed by atoms with Gasteiger partial charge in [-0.25, -0.2) is 0 Å². The number of hydrogen-bond donors (Lipinski definition) is 1. The minimum atomic E-state index is 0.570. The maximum Gasteiger partial charge on any atom is 0.0438 e. The highest BCUT2D eigenvalue weighted by Gasteiger charge is 2.25. The van der Waals surface area contributed by atoms with E-state index in [9.17, 15) is 0 Å². The molecule has 1 aliphatic carbocycles. The lowest BCUT2D eigenvalue weighted by atomic mass is 9.82. The molecule has 0 radical (unpaired) electrons. The van der Waals surface area contributed by atoms with Gasteiger partial charge in [-0.3, -0.25) is 0 Å². The number of rotatable bonds is 4. The molecule has 2 rings (SSSR count). The summed E-state index contributed by atoms with van der Waals surface area (Å²) < 4.78 is 0. The van der Waals surface area contributed by atoms with Gasteiger partial charge < -0.3 is 5.32 Å². The molecule has 0 bridgehead atoms. The summed E-state index contributed by atoms with van der Waals surface area (Å²) in [4.78, 5) is 0. The fourth-order valence-corrected chi connectivity index (χ4v) is 3.48. The van der Waals surface area contributed by atoms with Crippen LogP contribution in [0.4, 0.5) is 0 Å². The minimum absolute atomic E-state index is 0.570. The summed E-state index contributed by atoms with van der Waals surface area (Å²) in [5.74, 6) is 1.42. The lowest BCUT2D eigenvalue weighted by molar-refractivity contribution is 0.363. The molecule has 0 heterocycles. The highest BCUT2D eigenvalue weighted by Crippen LogP contribution is 2.37. The van der Waals surface area contributed by atoms with Crippen molar-refractivity contribution in [2.45, 2.75) is 64.8 Å². The first-order valence-electron chi connectivity index (χ1n) is 8.07. The highest BCUT2D eigenvalue weighted by molar-refractivity contribution is 6.31. The zero-order valence-corrected chi connectivity index (χ0v) is 13.8. The number of halogens is 1. The van der Waals surface area contributed by atoms with Crippen molar-refractivity contribution >= 4 is 11.6 Å². The third-order valence-electron chi connectivity index (χ3n) is 4.57. The van der Waals surface area contributed by atoms with Crippen LogP contribution in [-0.2, 0) is 0 Å². The Morgan fingerprint density at radius 1 is 1.20 bits per heavy atom. The smallest absolute Gasteiger partial charge is 0.0438 e. The van der Waals surface area contributed by atoms with E-state index in [0.29, 0.717) is 12.0 Å². The number of aryl methyl sites for hydroxylation is 1. The summed E-state index contributed by atoms with van der Waals surface area (Å²) in [6.07, 6.45) is 6.77. The van der Waals surface area contributed by atoms with E-state index < -0.39 is 0 Å². The molecule has 112 valence electrons. The molecule has 0 amide bonds. The van der Waals surface area contributed by atoms with Gasteiger partial charge in [-0.1, -0.05) is 56.8 Å². The van der Waals surface area contributed by atoms with Gasteiger partial charge in [0, 0.05) is 11.1 Å². The van der Waals surface area contributed by atoms with Crippen LogP contribution in [0.15, 0.2) is 18.2 Å². The fraction of sp³-hybridized carbons (Fsp3) is 0.667. The summed E-state index contributed by atoms with van der Waals surface area (Å²) in [5.41, 5.74) is 2.62. The molecule has 1 aromatic carbocycles. The third-order valence-corrected chi connectivity index (χ3v) is 4.98. The van der Waals surface area contributed by atoms with Crippen molar-refractivity contribution in [2.75, 3.05) is 6.54 Å². The van der Waals surface area contributed by atoms with Crippen LogP contribution in [0.25, 0.3) is 0 Å². The van der Waals surface area contributed by atoms with Gasteiger partial charge in [0.2, 0.25) is 0 Å². The number of nitrogens with one attached hydrogen (secondary N) is 1. The van der Waals surface area contributed by atoms with Crippen LogP contribution < -0.4 is 5.32 Å². The van der Waals surface area contributed by atoms with Crippen molar-refractivity contribution in [1.29, 1.82) is 0 Å². The third kappa shape index (κ3) is 4.23. The van der Waals surface area contributed by atoms with Gasteiger partial charge in [-0.05, 0) is 55.3 Å². The van der Waals surface area contributed by atoms with E-state index in [0.717, 1.165) is 17.5 Å². The Kier molecular flexibility index (Phi) is 5.92. The second-order valence-electron chi connectivity index (χ2n) is 6.58. The average molecular weight is 294 g/mol. The van der Waals surface area contributed by atoms with Crippen molar-refractivity contribution < 1.29 is 0 Å². The molecule has 1 aromatic rings. The fourth-order valence-electron chi connectivity index (χ4n) is 3.29. The van der Waals surface area contributed by atoms with Crippen molar-refractivity contribution in [3.8, 4) is 0 Å². The van der Waals surface area contributed by atoms with Gasteiger partial charge in [0.25, 0.3) is 0 Å². The number of benzene rings is 1. The van der Waals surface area contributed by atoms with E-state index in [1.807, 2.05) is 0 Å². The van der Waals surface area contributed by atoms with Crippen LogP contribution >= 0.6 is 11.6 Å². The van der Waals surface area contributed by atoms with E-state index in [1.54, 1.807) is 0 Å². The van der Waals surface area contributed by atoms with Gasteiger partial charge in [0.1, 0.15) is 0 Å². The molecule has 2 atom stereocenters. The largest absolute Gasteiger partial charge is 0.314 e. The second kappa shape index (κ2) is 7.47. The lowest BCUT2D eigenvalue weighted by Gasteiger charge is -2.27. The van der Waals surface area contributed by atoms with E-state index in [4.69, 9.17) is 11.6 Å². The monoisotopic (exact) mass is 293 g/mol. The highest BCUT2D eigenvalue weighted by atomic mass is 35.5. The standard InChI is InChI=1S/C18H28ClN/c1-13(2)20-12-16-7-5-4-6-8-17(16)15-10-9-14(3)18(19)11-15/h9-11,13,16-17,20H,4-8,12H2,1-3H3. The Balaban J connectivity index is 2.16. The number of hydrogen-bond acceptors (Lipinski definition) is 1. The predicted octanol–water partition coefficient (Wildman–Crippen LogP) is 5.31. The molecule has 1 nitrogen and oxygen atoms in total. The Bertz CT molecular complexity index is 427. The molecule has 0 aromatic heterocycles. The van der Waals surface area contributed by atoms with Gasteiger partial charge in [-0.2, -0.15) is 0 Å². The molecule has 2 unspecified atom stereocenters. The molecule has 1 fully saturated rings. The molecule has 0 saturated heterocycles. The van der Waals surface area contributed by atoms with Gasteiger partial charge in [0.05, 0.1) is 0 Å². The predicted molar refractivity (Wildman–Crippen MR) is 88.6 cm³/mol. The van der Waals surface area contributed by atoms with Crippen molar-refractivity contribution in [3.63, 3.8) is 0 Å². The zero-order chi connectivity index (χ0) is 14.5. The molecule has 20 heavy (non-hydrogen) atoms. The van der Waals surface area contributed by atoms with E-state index >= 15 is 0 Å². The lowest BCUT2D eigenvalue weighted by Crippen LogP contribution is -2.31. The molecule has 1 saturated carbocycles. The van der Waals surface area contributed by atoms with Crippen LogP contribution in [0, 0.1) is 12.8 Å². The van der Waals surface area contributed by atoms with Crippen LogP contribution in [-0.4, -0.2) is 12.6 Å². The summed E-state index contributed by atoms with van der Waals surface area (Å²) in [6.45, 7) is 7.67. The normalized spacial score (nSPS) is 23.9. The second-order valence-corrected chi connectivity index (χ2v) is 6.98. The Labute approximate surface area is 129 Å². The first-order valence-corrected chi connectivity index (χ1v) is 8.45. The van der Waals surface area contributed by atoms with E-state index in [2.05, 4.69) is 44.3 Å². The molecular formula is C18H28ClN. The first kappa shape index (κ1) is 15.9. The first-order chi connectivity index (χ1) is 9.58. The summed E-state index contributed by atoms with van der Waals surface area (Å²) in [7, 11) is 0. The Hall–Kier alpha value is -0.530. The maximum atomic E-state index is 6.33. The van der Waals surface area contributed by atoms with Crippen LogP contribution in [0.5, 0.6) is 0 Å². The van der Waals surface area contributed by atoms with Crippen molar-refractivity contribution in [2.24, 2.45) is 5.92 Å². The summed E-state index contributed by atoms with van der Waals surface area (Å²) in [5, 5.41) is 4.55. The van der Waals surface area contributed by atoms with Crippen LogP contribution in [0.3, 0.4) is 0 Å². The van der Waals surface area contributed by atoms with E-state index in [-0.39, 0.29) is 0 Å². The average Bonchev–Trinajstić information content (AvgIpc) is 2.65. The quantitative estimate of drug-likeness (QED) is 0.742. The summed E-state index contributed by atoms with van der Waals surface area (Å²) in [6, 6.07) is 7.24. The van der Waals surface area contributed by atoms with Crippen LogP contribution in [0.1, 0.15) is 63.0 Å². The van der Waals surface area contributed by atoms with Crippen molar-refractivity contribution in [3.05, 3.63) is 34.3 Å².